The molecule has 0 heterocycles. The fourth-order valence-electron chi connectivity index (χ4n) is 1.90. The van der Waals surface area contributed by atoms with Gasteiger partial charge in [0.25, 0.3) is 0 Å². The van der Waals surface area contributed by atoms with Crippen LogP contribution < -0.4 is 16.0 Å². The van der Waals surface area contributed by atoms with Crippen molar-refractivity contribution in [3.8, 4) is 0 Å². The first-order chi connectivity index (χ1) is 8.63. The Morgan fingerprint density at radius 2 is 2.00 bits per heavy atom. The van der Waals surface area contributed by atoms with Gasteiger partial charge in [0.15, 0.2) is 0 Å². The van der Waals surface area contributed by atoms with Gasteiger partial charge in [-0.2, -0.15) is 0 Å². The second-order valence-corrected chi connectivity index (χ2v) is 6.36. The summed E-state index contributed by atoms with van der Waals surface area (Å²) in [6.07, 6.45) is 4.60. The maximum atomic E-state index is 12.1. The molecule has 0 unspecified atom stereocenters. The van der Waals surface area contributed by atoms with Crippen LogP contribution in [0, 0.1) is 5.92 Å². The molecule has 6 heteroatoms. The van der Waals surface area contributed by atoms with E-state index in [1.54, 1.807) is 24.3 Å². The molecule has 0 amide bonds. The van der Waals surface area contributed by atoms with Gasteiger partial charge in [0.2, 0.25) is 10.0 Å². The van der Waals surface area contributed by atoms with Crippen molar-refractivity contribution in [2.45, 2.75) is 30.6 Å². The van der Waals surface area contributed by atoms with E-state index in [1.807, 2.05) is 0 Å². The highest BCUT2D eigenvalue weighted by atomic mass is 32.2. The third-order valence-electron chi connectivity index (χ3n) is 3.11. The lowest BCUT2D eigenvalue weighted by atomic mass is 10.2. The summed E-state index contributed by atoms with van der Waals surface area (Å²) in [5.74, 6) is 6.13. The zero-order valence-corrected chi connectivity index (χ0v) is 11.0. The summed E-state index contributed by atoms with van der Waals surface area (Å²) >= 11 is 0. The van der Waals surface area contributed by atoms with Crippen molar-refractivity contribution in [1.82, 2.24) is 4.72 Å². The van der Waals surface area contributed by atoms with Gasteiger partial charge in [0.05, 0.1) is 5.69 Å². The number of hydrogen-bond acceptors (Lipinski definition) is 4. The van der Waals surface area contributed by atoms with E-state index in [0.717, 1.165) is 18.8 Å². The van der Waals surface area contributed by atoms with Gasteiger partial charge in [-0.25, -0.2) is 13.1 Å². The number of para-hydroxylation sites is 1. The minimum atomic E-state index is -3.47. The van der Waals surface area contributed by atoms with Crippen LogP contribution in [0.4, 0.5) is 5.69 Å². The van der Waals surface area contributed by atoms with Crippen molar-refractivity contribution < 1.29 is 8.42 Å². The standard InChI is InChI=1S/C12H19N3O2S/c13-15-11-5-1-2-6-12(11)18(16,17)14-9-3-4-10-7-8-10/h1-2,5-6,10,14-15H,3-4,7-9,13H2. The Kier molecular flexibility index (Phi) is 4.21. The molecule has 18 heavy (non-hydrogen) atoms. The summed E-state index contributed by atoms with van der Waals surface area (Å²) in [7, 11) is -3.47. The van der Waals surface area contributed by atoms with Crippen molar-refractivity contribution in [2.75, 3.05) is 12.0 Å². The van der Waals surface area contributed by atoms with Gasteiger partial charge in [-0.05, 0) is 30.9 Å². The van der Waals surface area contributed by atoms with E-state index in [0.29, 0.717) is 12.2 Å². The van der Waals surface area contributed by atoms with Crippen LogP contribution in [0.1, 0.15) is 25.7 Å². The molecule has 1 aliphatic carbocycles. The first-order valence-corrected chi connectivity index (χ1v) is 7.67. The zero-order chi connectivity index (χ0) is 13.0. The topological polar surface area (TPSA) is 84.2 Å². The van der Waals surface area contributed by atoms with E-state index in [1.165, 1.54) is 12.8 Å². The Bertz CT molecular complexity index is 498. The summed E-state index contributed by atoms with van der Waals surface area (Å²) in [4.78, 5) is 0.193. The molecule has 1 aromatic carbocycles. The summed E-state index contributed by atoms with van der Waals surface area (Å²) in [6, 6.07) is 6.60. The molecule has 0 aromatic heterocycles. The van der Waals surface area contributed by atoms with E-state index in [4.69, 9.17) is 5.84 Å². The molecule has 1 fully saturated rings. The van der Waals surface area contributed by atoms with Crippen molar-refractivity contribution in [3.63, 3.8) is 0 Å². The number of hydrazine groups is 1. The summed E-state index contributed by atoms with van der Waals surface area (Å²) in [5, 5.41) is 0. The van der Waals surface area contributed by atoms with Crippen molar-refractivity contribution in [2.24, 2.45) is 11.8 Å². The molecule has 100 valence electrons. The van der Waals surface area contributed by atoms with E-state index >= 15 is 0 Å². The van der Waals surface area contributed by atoms with Crippen LogP contribution in [0.15, 0.2) is 29.2 Å². The predicted octanol–water partition coefficient (Wildman–Crippen LogP) is 1.44. The Morgan fingerprint density at radius 3 is 2.67 bits per heavy atom. The van der Waals surface area contributed by atoms with Crippen molar-refractivity contribution in [1.29, 1.82) is 0 Å². The largest absolute Gasteiger partial charge is 0.323 e. The molecule has 1 saturated carbocycles. The van der Waals surface area contributed by atoms with Gasteiger partial charge in [-0.3, -0.25) is 5.84 Å². The number of nitrogen functional groups attached to an aromatic ring is 1. The van der Waals surface area contributed by atoms with Gasteiger partial charge < -0.3 is 5.43 Å². The number of anilines is 1. The van der Waals surface area contributed by atoms with Crippen LogP contribution in [0.5, 0.6) is 0 Å². The third kappa shape index (κ3) is 3.44. The highest BCUT2D eigenvalue weighted by Crippen LogP contribution is 2.33. The van der Waals surface area contributed by atoms with Gasteiger partial charge in [0, 0.05) is 6.54 Å². The second-order valence-electron chi connectivity index (χ2n) is 4.62. The molecular weight excluding hydrogens is 250 g/mol. The van der Waals surface area contributed by atoms with Crippen LogP contribution >= 0.6 is 0 Å². The molecular formula is C12H19N3O2S. The summed E-state index contributed by atoms with van der Waals surface area (Å²) in [6.45, 7) is 0.484. The third-order valence-corrected chi connectivity index (χ3v) is 4.63. The highest BCUT2D eigenvalue weighted by molar-refractivity contribution is 7.89. The minimum absolute atomic E-state index is 0.193. The normalized spacial score (nSPS) is 15.6. The molecule has 0 saturated heterocycles. The average molecular weight is 269 g/mol. The molecule has 5 nitrogen and oxygen atoms in total. The Morgan fingerprint density at radius 1 is 1.28 bits per heavy atom. The molecule has 0 radical (unpaired) electrons. The average Bonchev–Trinajstić information content (AvgIpc) is 3.19. The lowest BCUT2D eigenvalue weighted by Gasteiger charge is -2.10. The van der Waals surface area contributed by atoms with E-state index < -0.39 is 10.0 Å². The predicted molar refractivity (Wildman–Crippen MR) is 71.4 cm³/mol. The van der Waals surface area contributed by atoms with Gasteiger partial charge in [-0.15, -0.1) is 0 Å². The first kappa shape index (κ1) is 13.3. The number of hydrogen-bond donors (Lipinski definition) is 3. The molecule has 4 N–H and O–H groups in total. The highest BCUT2D eigenvalue weighted by Gasteiger charge is 2.21. The van der Waals surface area contributed by atoms with E-state index in [2.05, 4.69) is 10.1 Å². The Labute approximate surface area is 108 Å². The van der Waals surface area contributed by atoms with E-state index in [9.17, 15) is 8.42 Å². The van der Waals surface area contributed by atoms with Crippen LogP contribution in [-0.4, -0.2) is 15.0 Å². The van der Waals surface area contributed by atoms with E-state index in [-0.39, 0.29) is 4.90 Å². The quantitative estimate of drug-likeness (QED) is 0.397. The number of benzene rings is 1. The van der Waals surface area contributed by atoms with Gasteiger partial charge in [-0.1, -0.05) is 25.0 Å². The molecule has 1 aliphatic rings. The molecule has 0 bridgehead atoms. The zero-order valence-electron chi connectivity index (χ0n) is 10.2. The second kappa shape index (κ2) is 5.69. The van der Waals surface area contributed by atoms with Crippen LogP contribution in [0.25, 0.3) is 0 Å². The number of rotatable bonds is 7. The first-order valence-electron chi connectivity index (χ1n) is 6.19. The smallest absolute Gasteiger partial charge is 0.242 e. The van der Waals surface area contributed by atoms with Crippen LogP contribution in [0.3, 0.4) is 0 Å². The maximum Gasteiger partial charge on any atom is 0.242 e. The number of nitrogens with one attached hydrogen (secondary N) is 2. The fraction of sp³-hybridized carbons (Fsp3) is 0.500. The Hall–Kier alpha value is -1.11. The minimum Gasteiger partial charge on any atom is -0.323 e. The molecule has 2 rings (SSSR count). The van der Waals surface area contributed by atoms with Crippen LogP contribution in [0.2, 0.25) is 0 Å². The maximum absolute atomic E-state index is 12.1. The van der Waals surface area contributed by atoms with Crippen molar-refractivity contribution in [3.05, 3.63) is 24.3 Å². The summed E-state index contributed by atoms with van der Waals surface area (Å²) in [5.41, 5.74) is 2.81. The Balaban J connectivity index is 1.95. The lowest BCUT2D eigenvalue weighted by Crippen LogP contribution is -2.26. The summed E-state index contributed by atoms with van der Waals surface area (Å²) < 4.78 is 26.7. The number of nitrogens with two attached hydrogens (primary N) is 1. The van der Waals surface area contributed by atoms with Crippen LogP contribution in [-0.2, 0) is 10.0 Å². The number of sulfonamides is 1. The van der Waals surface area contributed by atoms with Crippen molar-refractivity contribution >= 4 is 15.7 Å². The lowest BCUT2D eigenvalue weighted by molar-refractivity contribution is 0.573. The molecule has 0 aliphatic heterocycles. The molecule has 0 atom stereocenters. The monoisotopic (exact) mass is 269 g/mol. The van der Waals surface area contributed by atoms with Gasteiger partial charge >= 0.3 is 0 Å². The fourth-order valence-corrected chi connectivity index (χ4v) is 3.14. The van der Waals surface area contributed by atoms with Gasteiger partial charge in [0.1, 0.15) is 4.90 Å². The SMILES string of the molecule is NNc1ccccc1S(=O)(=O)NCCCC1CC1. The molecule has 0 spiro atoms. The molecule has 1 aromatic rings.